The van der Waals surface area contributed by atoms with Crippen LogP contribution in [0.4, 0.5) is 5.69 Å². The maximum atomic E-state index is 5.74. The lowest BCUT2D eigenvalue weighted by atomic mass is 10.1. The van der Waals surface area contributed by atoms with Gasteiger partial charge in [0.05, 0.1) is 12.1 Å². The third-order valence-electron chi connectivity index (χ3n) is 2.95. The van der Waals surface area contributed by atoms with E-state index in [1.165, 1.54) is 0 Å². The molecule has 0 bridgehead atoms. The van der Waals surface area contributed by atoms with Crippen molar-refractivity contribution in [2.24, 2.45) is 0 Å². The van der Waals surface area contributed by atoms with E-state index in [4.69, 9.17) is 10.5 Å². The van der Waals surface area contributed by atoms with E-state index < -0.39 is 0 Å². The second-order valence-electron chi connectivity index (χ2n) is 4.47. The zero-order valence-corrected chi connectivity index (χ0v) is 12.0. The van der Waals surface area contributed by atoms with Crippen molar-refractivity contribution < 1.29 is 4.74 Å². The Labute approximate surface area is 117 Å². The van der Waals surface area contributed by atoms with Gasteiger partial charge in [-0.15, -0.1) is 11.3 Å². The van der Waals surface area contributed by atoms with Gasteiger partial charge in [0, 0.05) is 47.9 Å². The highest BCUT2D eigenvalue weighted by atomic mass is 32.1. The Bertz CT molecular complexity index is 513. The first kappa shape index (κ1) is 13.8. The number of hydrogen-bond donors (Lipinski definition) is 2. The van der Waals surface area contributed by atoms with Crippen LogP contribution in [0.2, 0.25) is 0 Å². The van der Waals surface area contributed by atoms with Gasteiger partial charge in [-0.1, -0.05) is 13.0 Å². The molecule has 4 nitrogen and oxygen atoms in total. The Hall–Kier alpha value is -1.59. The van der Waals surface area contributed by atoms with Crippen LogP contribution < -0.4 is 15.8 Å². The third-order valence-corrected chi connectivity index (χ3v) is 3.96. The Balaban J connectivity index is 1.89. The minimum Gasteiger partial charge on any atom is -0.496 e. The fourth-order valence-corrected chi connectivity index (χ4v) is 2.59. The average Bonchev–Trinajstić information content (AvgIpc) is 2.94. The van der Waals surface area contributed by atoms with Crippen LogP contribution in [-0.2, 0) is 6.54 Å². The highest BCUT2D eigenvalue weighted by Crippen LogP contribution is 2.22. The van der Waals surface area contributed by atoms with Crippen LogP contribution in [0.15, 0.2) is 29.8 Å². The van der Waals surface area contributed by atoms with Crippen molar-refractivity contribution in [2.75, 3.05) is 19.4 Å². The van der Waals surface area contributed by atoms with Gasteiger partial charge in [-0.2, -0.15) is 0 Å². The largest absolute Gasteiger partial charge is 0.496 e. The number of thiazole rings is 1. The zero-order valence-electron chi connectivity index (χ0n) is 11.2. The molecule has 0 aliphatic rings. The Morgan fingerprint density at radius 1 is 1.47 bits per heavy atom. The molecule has 0 fully saturated rings. The lowest BCUT2D eigenvalue weighted by Gasteiger charge is -2.12. The summed E-state index contributed by atoms with van der Waals surface area (Å²) in [5.74, 6) is 1.24. The molecule has 1 aromatic heterocycles. The molecule has 0 aliphatic carbocycles. The number of ether oxygens (including phenoxy) is 1. The zero-order chi connectivity index (χ0) is 13.7. The van der Waals surface area contributed by atoms with E-state index in [0.29, 0.717) is 5.92 Å². The van der Waals surface area contributed by atoms with Crippen LogP contribution in [0.1, 0.15) is 23.4 Å². The topological polar surface area (TPSA) is 60.2 Å². The first-order valence-corrected chi connectivity index (χ1v) is 7.11. The lowest BCUT2D eigenvalue weighted by Crippen LogP contribution is -2.20. The van der Waals surface area contributed by atoms with Gasteiger partial charge in [0.25, 0.3) is 0 Å². The standard InChI is InChI=1S/C14H19N3OS/c1-10(14-17-5-6-19-14)8-16-9-11-3-4-12(15)7-13(11)18-2/h3-7,10,16H,8-9,15H2,1-2H3. The lowest BCUT2D eigenvalue weighted by molar-refractivity contribution is 0.407. The third kappa shape index (κ3) is 3.68. The van der Waals surface area contributed by atoms with E-state index in [9.17, 15) is 0 Å². The Kier molecular flexibility index (Phi) is 4.76. The Morgan fingerprint density at radius 2 is 2.32 bits per heavy atom. The summed E-state index contributed by atoms with van der Waals surface area (Å²) in [6.45, 7) is 3.83. The summed E-state index contributed by atoms with van der Waals surface area (Å²) in [7, 11) is 1.66. The molecule has 0 radical (unpaired) electrons. The van der Waals surface area contributed by atoms with Crippen molar-refractivity contribution >= 4 is 17.0 Å². The van der Waals surface area contributed by atoms with Crippen molar-refractivity contribution in [1.29, 1.82) is 0 Å². The predicted octanol–water partition coefficient (Wildman–Crippen LogP) is 2.63. The molecule has 1 aromatic carbocycles. The molecule has 2 rings (SSSR count). The van der Waals surface area contributed by atoms with Crippen LogP contribution in [0.25, 0.3) is 0 Å². The monoisotopic (exact) mass is 277 g/mol. The van der Waals surface area contributed by atoms with Crippen LogP contribution in [0.3, 0.4) is 0 Å². The van der Waals surface area contributed by atoms with Gasteiger partial charge in [-0.05, 0) is 6.07 Å². The number of hydrogen-bond acceptors (Lipinski definition) is 5. The minimum atomic E-state index is 0.416. The van der Waals surface area contributed by atoms with Gasteiger partial charge < -0.3 is 15.8 Å². The smallest absolute Gasteiger partial charge is 0.125 e. The maximum Gasteiger partial charge on any atom is 0.125 e. The van der Waals surface area contributed by atoms with Crippen molar-refractivity contribution in [2.45, 2.75) is 19.4 Å². The summed E-state index contributed by atoms with van der Waals surface area (Å²) in [4.78, 5) is 4.32. The van der Waals surface area contributed by atoms with Crippen molar-refractivity contribution in [1.82, 2.24) is 10.3 Å². The number of nitrogens with two attached hydrogens (primary N) is 1. The van der Waals surface area contributed by atoms with E-state index in [1.54, 1.807) is 18.4 Å². The number of nitrogens with one attached hydrogen (secondary N) is 1. The van der Waals surface area contributed by atoms with Crippen LogP contribution >= 0.6 is 11.3 Å². The van der Waals surface area contributed by atoms with Crippen molar-refractivity contribution in [3.8, 4) is 5.75 Å². The quantitative estimate of drug-likeness (QED) is 0.797. The number of methoxy groups -OCH3 is 1. The second-order valence-corrected chi connectivity index (χ2v) is 5.40. The highest BCUT2D eigenvalue weighted by Gasteiger charge is 2.08. The van der Waals surface area contributed by atoms with Gasteiger partial charge >= 0.3 is 0 Å². The molecular formula is C14H19N3OS. The van der Waals surface area contributed by atoms with Crippen LogP contribution in [0.5, 0.6) is 5.75 Å². The fourth-order valence-electron chi connectivity index (χ4n) is 1.90. The molecular weight excluding hydrogens is 258 g/mol. The minimum absolute atomic E-state index is 0.416. The molecule has 1 unspecified atom stereocenters. The molecule has 2 aromatic rings. The number of aromatic nitrogens is 1. The summed E-state index contributed by atoms with van der Waals surface area (Å²) >= 11 is 1.69. The molecule has 1 atom stereocenters. The molecule has 0 aliphatic heterocycles. The van der Waals surface area contributed by atoms with Crippen molar-refractivity contribution in [3.05, 3.63) is 40.3 Å². The maximum absolute atomic E-state index is 5.74. The molecule has 0 amide bonds. The Morgan fingerprint density at radius 3 is 3.00 bits per heavy atom. The SMILES string of the molecule is COc1cc(N)ccc1CNCC(C)c1nccs1. The van der Waals surface area contributed by atoms with E-state index in [1.807, 2.05) is 29.8 Å². The van der Waals surface area contributed by atoms with Gasteiger partial charge in [0.1, 0.15) is 5.75 Å². The number of rotatable bonds is 6. The summed E-state index contributed by atoms with van der Waals surface area (Å²) < 4.78 is 5.33. The van der Waals surface area contributed by atoms with Crippen molar-refractivity contribution in [3.63, 3.8) is 0 Å². The molecule has 0 spiro atoms. The molecule has 0 saturated heterocycles. The number of nitrogens with zero attached hydrogens (tertiary/aromatic N) is 1. The van der Waals surface area contributed by atoms with E-state index >= 15 is 0 Å². The molecule has 5 heteroatoms. The van der Waals surface area contributed by atoms with Gasteiger partial charge in [-0.3, -0.25) is 0 Å². The van der Waals surface area contributed by atoms with Gasteiger partial charge in [0.2, 0.25) is 0 Å². The molecule has 3 N–H and O–H groups in total. The predicted molar refractivity (Wildman–Crippen MR) is 79.6 cm³/mol. The van der Waals surface area contributed by atoms with E-state index in [-0.39, 0.29) is 0 Å². The van der Waals surface area contributed by atoms with Crippen LogP contribution in [0, 0.1) is 0 Å². The second kappa shape index (κ2) is 6.54. The van der Waals surface area contributed by atoms with Gasteiger partial charge in [-0.25, -0.2) is 4.98 Å². The van der Waals surface area contributed by atoms with Gasteiger partial charge in [0.15, 0.2) is 0 Å². The summed E-state index contributed by atoms with van der Waals surface area (Å²) in [5.41, 5.74) is 7.57. The van der Waals surface area contributed by atoms with Crippen LogP contribution in [-0.4, -0.2) is 18.6 Å². The van der Waals surface area contributed by atoms with E-state index in [2.05, 4.69) is 17.2 Å². The number of anilines is 1. The first-order valence-electron chi connectivity index (χ1n) is 6.23. The summed E-state index contributed by atoms with van der Waals surface area (Å²) in [5, 5.41) is 6.60. The first-order chi connectivity index (χ1) is 9.20. The molecule has 102 valence electrons. The summed E-state index contributed by atoms with van der Waals surface area (Å²) in [6.07, 6.45) is 1.85. The average molecular weight is 277 g/mol. The molecule has 0 saturated carbocycles. The highest BCUT2D eigenvalue weighted by molar-refractivity contribution is 7.09. The normalized spacial score (nSPS) is 12.3. The molecule has 1 heterocycles. The number of benzene rings is 1. The summed E-state index contributed by atoms with van der Waals surface area (Å²) in [6, 6.07) is 5.74. The molecule has 19 heavy (non-hydrogen) atoms. The van der Waals surface area contributed by atoms with E-state index in [0.717, 1.165) is 35.1 Å². The number of nitrogen functional groups attached to an aromatic ring is 1. The fraction of sp³-hybridized carbons (Fsp3) is 0.357.